The molecule has 0 radical (unpaired) electrons. The van der Waals surface area contributed by atoms with Gasteiger partial charge in [-0.05, 0) is 30.8 Å². The van der Waals surface area contributed by atoms with Crippen molar-refractivity contribution < 1.29 is 9.47 Å². The van der Waals surface area contributed by atoms with Gasteiger partial charge in [-0.2, -0.15) is 0 Å². The van der Waals surface area contributed by atoms with E-state index in [2.05, 4.69) is 48.3 Å². The van der Waals surface area contributed by atoms with Crippen LogP contribution in [0.5, 0.6) is 11.5 Å². The van der Waals surface area contributed by atoms with E-state index in [0.717, 1.165) is 31.1 Å². The van der Waals surface area contributed by atoms with Crippen LogP contribution in [0, 0.1) is 0 Å². The van der Waals surface area contributed by atoms with Crippen LogP contribution in [0.15, 0.2) is 48.5 Å². The van der Waals surface area contributed by atoms with Gasteiger partial charge in [-0.1, -0.05) is 30.3 Å². The van der Waals surface area contributed by atoms with Crippen LogP contribution in [0.25, 0.3) is 0 Å². The Labute approximate surface area is 126 Å². The number of ether oxygens (including phenoxy) is 2. The van der Waals surface area contributed by atoms with Crippen molar-refractivity contribution in [1.82, 2.24) is 4.90 Å². The van der Waals surface area contributed by atoms with Gasteiger partial charge in [0, 0.05) is 24.6 Å². The molecule has 3 heteroatoms. The molecule has 0 spiro atoms. The van der Waals surface area contributed by atoms with Gasteiger partial charge < -0.3 is 9.47 Å². The third kappa shape index (κ3) is 3.03. The Bertz CT molecular complexity index is 597. The zero-order chi connectivity index (χ0) is 14.7. The van der Waals surface area contributed by atoms with Crippen molar-refractivity contribution in [2.24, 2.45) is 0 Å². The minimum atomic E-state index is 0.365. The van der Waals surface area contributed by atoms with Gasteiger partial charge in [0.15, 0.2) is 0 Å². The van der Waals surface area contributed by atoms with Gasteiger partial charge in [0.25, 0.3) is 0 Å². The molecule has 0 amide bonds. The molecule has 2 aromatic rings. The summed E-state index contributed by atoms with van der Waals surface area (Å²) in [6, 6.07) is 17.0. The molecule has 3 nitrogen and oxygen atoms in total. The standard InChI is InChI=1S/C18H21NO2/c1-19(13-14-6-4-3-5-7-14)17-10-11-21-18-9-8-15(20-2)12-16(17)18/h3-9,12,17H,10-11,13H2,1-2H3. The second kappa shape index (κ2) is 6.19. The fourth-order valence-electron chi connectivity index (χ4n) is 2.92. The lowest BCUT2D eigenvalue weighted by Crippen LogP contribution is -2.29. The van der Waals surface area contributed by atoms with Crippen LogP contribution < -0.4 is 9.47 Å². The highest BCUT2D eigenvalue weighted by atomic mass is 16.5. The Morgan fingerprint density at radius 2 is 2.00 bits per heavy atom. The molecule has 21 heavy (non-hydrogen) atoms. The third-order valence-corrected chi connectivity index (χ3v) is 4.03. The van der Waals surface area contributed by atoms with Crippen LogP contribution in [0.3, 0.4) is 0 Å². The summed E-state index contributed by atoms with van der Waals surface area (Å²) in [6.07, 6.45) is 1.00. The number of rotatable bonds is 4. The summed E-state index contributed by atoms with van der Waals surface area (Å²) >= 11 is 0. The smallest absolute Gasteiger partial charge is 0.124 e. The molecule has 0 saturated heterocycles. The Morgan fingerprint density at radius 1 is 1.19 bits per heavy atom. The van der Waals surface area contributed by atoms with Crippen molar-refractivity contribution >= 4 is 0 Å². The van der Waals surface area contributed by atoms with E-state index in [1.807, 2.05) is 12.1 Å². The van der Waals surface area contributed by atoms with E-state index in [4.69, 9.17) is 9.47 Å². The summed E-state index contributed by atoms with van der Waals surface area (Å²) < 4.78 is 11.1. The molecule has 1 atom stereocenters. The maximum atomic E-state index is 5.77. The SMILES string of the molecule is COc1ccc2c(c1)C(N(C)Cc1ccccc1)CCO2. The molecule has 1 heterocycles. The van der Waals surface area contributed by atoms with Crippen molar-refractivity contribution in [3.05, 3.63) is 59.7 Å². The lowest BCUT2D eigenvalue weighted by Gasteiger charge is -2.33. The minimum absolute atomic E-state index is 0.365. The van der Waals surface area contributed by atoms with Gasteiger partial charge >= 0.3 is 0 Å². The number of benzene rings is 2. The molecular weight excluding hydrogens is 262 g/mol. The summed E-state index contributed by atoms with van der Waals surface area (Å²) in [5, 5.41) is 0. The third-order valence-electron chi connectivity index (χ3n) is 4.03. The van der Waals surface area contributed by atoms with Crippen molar-refractivity contribution in [2.75, 3.05) is 20.8 Å². The van der Waals surface area contributed by atoms with Gasteiger partial charge in [-0.25, -0.2) is 0 Å². The highest BCUT2D eigenvalue weighted by Gasteiger charge is 2.25. The normalized spacial score (nSPS) is 17.2. The van der Waals surface area contributed by atoms with Crippen molar-refractivity contribution in [2.45, 2.75) is 19.0 Å². The van der Waals surface area contributed by atoms with E-state index in [1.54, 1.807) is 7.11 Å². The monoisotopic (exact) mass is 283 g/mol. The molecule has 110 valence electrons. The molecule has 0 saturated carbocycles. The van der Waals surface area contributed by atoms with E-state index in [1.165, 1.54) is 11.1 Å². The van der Waals surface area contributed by atoms with E-state index in [-0.39, 0.29) is 0 Å². The first-order valence-electron chi connectivity index (χ1n) is 7.33. The van der Waals surface area contributed by atoms with E-state index in [0.29, 0.717) is 6.04 Å². The Kier molecular flexibility index (Phi) is 4.11. The average molecular weight is 283 g/mol. The highest BCUT2D eigenvalue weighted by Crippen LogP contribution is 2.38. The second-order valence-corrected chi connectivity index (χ2v) is 5.46. The van der Waals surface area contributed by atoms with Crippen LogP contribution in [0.1, 0.15) is 23.6 Å². The molecule has 0 N–H and O–H groups in total. The van der Waals surface area contributed by atoms with Crippen LogP contribution in [0.4, 0.5) is 0 Å². The molecular formula is C18H21NO2. The quantitative estimate of drug-likeness (QED) is 0.855. The van der Waals surface area contributed by atoms with Gasteiger partial charge in [0.05, 0.1) is 13.7 Å². The number of hydrogen-bond acceptors (Lipinski definition) is 3. The number of nitrogens with zero attached hydrogens (tertiary/aromatic N) is 1. The molecule has 1 unspecified atom stereocenters. The molecule has 0 aliphatic carbocycles. The largest absolute Gasteiger partial charge is 0.497 e. The first kappa shape index (κ1) is 14.0. The topological polar surface area (TPSA) is 21.7 Å². The first-order chi connectivity index (χ1) is 10.3. The summed E-state index contributed by atoms with van der Waals surface area (Å²) in [7, 11) is 3.88. The number of fused-ring (bicyclic) bond motifs is 1. The zero-order valence-corrected chi connectivity index (χ0v) is 12.6. The van der Waals surface area contributed by atoms with Gasteiger partial charge in [-0.3, -0.25) is 4.90 Å². The molecule has 0 bridgehead atoms. The first-order valence-corrected chi connectivity index (χ1v) is 7.33. The molecule has 0 fully saturated rings. The zero-order valence-electron chi connectivity index (χ0n) is 12.6. The predicted molar refractivity (Wildman–Crippen MR) is 83.8 cm³/mol. The number of hydrogen-bond donors (Lipinski definition) is 0. The average Bonchev–Trinajstić information content (AvgIpc) is 2.54. The van der Waals surface area contributed by atoms with Crippen molar-refractivity contribution in [3.63, 3.8) is 0 Å². The van der Waals surface area contributed by atoms with Crippen LogP contribution in [-0.2, 0) is 6.54 Å². The van der Waals surface area contributed by atoms with Crippen LogP contribution >= 0.6 is 0 Å². The van der Waals surface area contributed by atoms with Gasteiger partial charge in [0.2, 0.25) is 0 Å². The summed E-state index contributed by atoms with van der Waals surface area (Å²) in [5.74, 6) is 1.87. The van der Waals surface area contributed by atoms with Gasteiger partial charge in [-0.15, -0.1) is 0 Å². The molecule has 0 aromatic heterocycles. The summed E-state index contributed by atoms with van der Waals surface area (Å²) in [6.45, 7) is 1.70. The Balaban J connectivity index is 1.83. The second-order valence-electron chi connectivity index (χ2n) is 5.46. The highest BCUT2D eigenvalue weighted by molar-refractivity contribution is 5.43. The van der Waals surface area contributed by atoms with Crippen LogP contribution in [-0.4, -0.2) is 25.7 Å². The predicted octanol–water partition coefficient (Wildman–Crippen LogP) is 3.65. The maximum Gasteiger partial charge on any atom is 0.124 e. The number of methoxy groups -OCH3 is 1. The molecule has 3 rings (SSSR count). The van der Waals surface area contributed by atoms with Gasteiger partial charge in [0.1, 0.15) is 11.5 Å². The molecule has 1 aliphatic rings. The molecule has 1 aliphatic heterocycles. The Hall–Kier alpha value is -2.00. The summed E-state index contributed by atoms with van der Waals surface area (Å²) in [4.78, 5) is 2.39. The van der Waals surface area contributed by atoms with E-state index < -0.39 is 0 Å². The van der Waals surface area contributed by atoms with Crippen LogP contribution in [0.2, 0.25) is 0 Å². The lowest BCUT2D eigenvalue weighted by atomic mass is 9.98. The Morgan fingerprint density at radius 3 is 2.76 bits per heavy atom. The fraction of sp³-hybridized carbons (Fsp3) is 0.333. The van der Waals surface area contributed by atoms with Crippen molar-refractivity contribution in [3.8, 4) is 11.5 Å². The fourth-order valence-corrected chi connectivity index (χ4v) is 2.92. The summed E-state index contributed by atoms with van der Waals surface area (Å²) in [5.41, 5.74) is 2.55. The van der Waals surface area contributed by atoms with E-state index >= 15 is 0 Å². The maximum absolute atomic E-state index is 5.77. The van der Waals surface area contributed by atoms with E-state index in [9.17, 15) is 0 Å². The minimum Gasteiger partial charge on any atom is -0.497 e. The lowest BCUT2D eigenvalue weighted by molar-refractivity contribution is 0.160. The van der Waals surface area contributed by atoms with Crippen molar-refractivity contribution in [1.29, 1.82) is 0 Å². The molecule has 2 aromatic carbocycles.